The number of hydrogen-bond acceptors (Lipinski definition) is 6. The van der Waals surface area contributed by atoms with E-state index in [2.05, 4.69) is 44.6 Å². The van der Waals surface area contributed by atoms with Crippen LogP contribution in [-0.4, -0.2) is 31.8 Å². The number of nitrogens with one attached hydrogen (secondary N) is 2. The second-order valence-electron chi connectivity index (χ2n) is 4.85. The summed E-state index contributed by atoms with van der Waals surface area (Å²) in [6, 6.07) is 0. The Morgan fingerprint density at radius 2 is 1.95 bits per heavy atom. The molecule has 2 aromatic heterocycles. The molecule has 7 heteroatoms. The lowest BCUT2D eigenvalue weighted by molar-refractivity contribution is 0.706. The molecule has 7 nitrogen and oxygen atoms in total. The fourth-order valence-corrected chi connectivity index (χ4v) is 2.16. The lowest BCUT2D eigenvalue weighted by Crippen LogP contribution is -2.12. The SMILES string of the molecule is CCCc1nc(NC)c(C)c(NCc2nncn2CC)n1. The molecule has 0 saturated heterocycles. The summed E-state index contributed by atoms with van der Waals surface area (Å²) in [5.74, 6) is 3.47. The summed E-state index contributed by atoms with van der Waals surface area (Å²) >= 11 is 0. The molecule has 0 fully saturated rings. The maximum absolute atomic E-state index is 4.61. The highest BCUT2D eigenvalue weighted by molar-refractivity contribution is 5.56. The van der Waals surface area contributed by atoms with Gasteiger partial charge in [0.25, 0.3) is 0 Å². The molecule has 0 aromatic carbocycles. The molecule has 0 spiro atoms. The van der Waals surface area contributed by atoms with E-state index in [1.165, 1.54) is 0 Å². The molecule has 114 valence electrons. The Bertz CT molecular complexity index is 591. The fraction of sp³-hybridized carbons (Fsp3) is 0.571. The first-order valence-electron chi connectivity index (χ1n) is 7.35. The molecule has 0 amide bonds. The van der Waals surface area contributed by atoms with Crippen LogP contribution in [-0.2, 0) is 19.5 Å². The second kappa shape index (κ2) is 7.01. The first kappa shape index (κ1) is 15.2. The largest absolute Gasteiger partial charge is 0.373 e. The highest BCUT2D eigenvalue weighted by atomic mass is 15.3. The zero-order valence-electron chi connectivity index (χ0n) is 13.1. The number of aryl methyl sites for hydroxylation is 2. The number of anilines is 2. The Hall–Kier alpha value is -2.18. The van der Waals surface area contributed by atoms with Gasteiger partial charge in [-0.2, -0.15) is 0 Å². The molecule has 0 aliphatic carbocycles. The van der Waals surface area contributed by atoms with Crippen LogP contribution in [0.4, 0.5) is 11.6 Å². The molecule has 0 bridgehead atoms. The lowest BCUT2D eigenvalue weighted by Gasteiger charge is -2.13. The molecular formula is C14H23N7. The summed E-state index contributed by atoms with van der Waals surface area (Å²) in [5.41, 5.74) is 1.01. The first-order chi connectivity index (χ1) is 10.2. The monoisotopic (exact) mass is 289 g/mol. The highest BCUT2D eigenvalue weighted by Crippen LogP contribution is 2.20. The van der Waals surface area contributed by atoms with Gasteiger partial charge in [-0.15, -0.1) is 10.2 Å². The van der Waals surface area contributed by atoms with Gasteiger partial charge in [-0.05, 0) is 20.3 Å². The van der Waals surface area contributed by atoms with Gasteiger partial charge in [0.05, 0.1) is 6.54 Å². The number of hydrogen-bond donors (Lipinski definition) is 2. The average Bonchev–Trinajstić information content (AvgIpc) is 2.95. The summed E-state index contributed by atoms with van der Waals surface area (Å²) in [5, 5.41) is 14.5. The van der Waals surface area contributed by atoms with E-state index in [9.17, 15) is 0 Å². The van der Waals surface area contributed by atoms with Crippen LogP contribution in [0.1, 0.15) is 37.5 Å². The minimum absolute atomic E-state index is 0.598. The predicted octanol–water partition coefficient (Wildman–Crippen LogP) is 2.00. The molecule has 0 saturated carbocycles. The number of rotatable bonds is 7. The van der Waals surface area contributed by atoms with Crippen LogP contribution < -0.4 is 10.6 Å². The van der Waals surface area contributed by atoms with Crippen molar-refractivity contribution >= 4 is 11.6 Å². The van der Waals surface area contributed by atoms with Gasteiger partial charge in [-0.1, -0.05) is 6.92 Å². The van der Waals surface area contributed by atoms with E-state index in [4.69, 9.17) is 0 Å². The van der Waals surface area contributed by atoms with E-state index >= 15 is 0 Å². The van der Waals surface area contributed by atoms with E-state index in [1.54, 1.807) is 6.33 Å². The molecule has 0 aliphatic rings. The van der Waals surface area contributed by atoms with Crippen LogP contribution in [0.25, 0.3) is 0 Å². The van der Waals surface area contributed by atoms with Gasteiger partial charge in [-0.3, -0.25) is 0 Å². The molecular weight excluding hydrogens is 266 g/mol. The van der Waals surface area contributed by atoms with Crippen molar-refractivity contribution in [1.82, 2.24) is 24.7 Å². The topological polar surface area (TPSA) is 80.5 Å². The van der Waals surface area contributed by atoms with Crippen molar-refractivity contribution in [1.29, 1.82) is 0 Å². The third kappa shape index (κ3) is 3.48. The van der Waals surface area contributed by atoms with Crippen molar-refractivity contribution in [3.8, 4) is 0 Å². The zero-order chi connectivity index (χ0) is 15.2. The molecule has 2 heterocycles. The summed E-state index contributed by atoms with van der Waals surface area (Å²) in [6.45, 7) is 7.66. The van der Waals surface area contributed by atoms with Gasteiger partial charge < -0.3 is 15.2 Å². The van der Waals surface area contributed by atoms with Crippen LogP contribution in [0.2, 0.25) is 0 Å². The van der Waals surface area contributed by atoms with Gasteiger partial charge >= 0.3 is 0 Å². The summed E-state index contributed by atoms with van der Waals surface area (Å²) in [4.78, 5) is 9.13. The normalized spacial score (nSPS) is 10.7. The summed E-state index contributed by atoms with van der Waals surface area (Å²) in [7, 11) is 1.88. The third-order valence-corrected chi connectivity index (χ3v) is 3.35. The van der Waals surface area contributed by atoms with Crippen molar-refractivity contribution < 1.29 is 0 Å². The summed E-state index contributed by atoms with van der Waals surface area (Å²) < 4.78 is 2.01. The van der Waals surface area contributed by atoms with Crippen LogP contribution in [0.3, 0.4) is 0 Å². The molecule has 0 radical (unpaired) electrons. The predicted molar refractivity (Wildman–Crippen MR) is 83.3 cm³/mol. The fourth-order valence-electron chi connectivity index (χ4n) is 2.16. The molecule has 0 aliphatic heterocycles. The van der Waals surface area contributed by atoms with Crippen LogP contribution >= 0.6 is 0 Å². The maximum atomic E-state index is 4.61. The minimum atomic E-state index is 0.598. The van der Waals surface area contributed by atoms with E-state index in [0.29, 0.717) is 6.54 Å². The van der Waals surface area contributed by atoms with Gasteiger partial charge in [0.2, 0.25) is 0 Å². The molecule has 2 N–H and O–H groups in total. The highest BCUT2D eigenvalue weighted by Gasteiger charge is 2.11. The number of aromatic nitrogens is 5. The first-order valence-corrected chi connectivity index (χ1v) is 7.35. The zero-order valence-corrected chi connectivity index (χ0v) is 13.1. The van der Waals surface area contributed by atoms with Crippen LogP contribution in [0.15, 0.2) is 6.33 Å². The Morgan fingerprint density at radius 3 is 2.62 bits per heavy atom. The minimum Gasteiger partial charge on any atom is -0.373 e. The Balaban J connectivity index is 2.20. The Morgan fingerprint density at radius 1 is 1.19 bits per heavy atom. The van der Waals surface area contributed by atoms with Crippen LogP contribution in [0.5, 0.6) is 0 Å². The van der Waals surface area contributed by atoms with Gasteiger partial charge in [0.1, 0.15) is 23.8 Å². The van der Waals surface area contributed by atoms with Crippen molar-refractivity contribution in [3.05, 3.63) is 23.5 Å². The van der Waals surface area contributed by atoms with E-state index in [-0.39, 0.29) is 0 Å². The Labute approximate surface area is 125 Å². The molecule has 2 rings (SSSR count). The van der Waals surface area contributed by atoms with Gasteiger partial charge in [0, 0.05) is 25.6 Å². The van der Waals surface area contributed by atoms with Gasteiger partial charge in [0.15, 0.2) is 5.82 Å². The second-order valence-corrected chi connectivity index (χ2v) is 4.85. The Kier molecular flexibility index (Phi) is 5.08. The van der Waals surface area contributed by atoms with Crippen molar-refractivity contribution in [2.45, 2.75) is 46.7 Å². The average molecular weight is 289 g/mol. The van der Waals surface area contributed by atoms with Crippen molar-refractivity contribution in [2.24, 2.45) is 0 Å². The van der Waals surface area contributed by atoms with Gasteiger partial charge in [-0.25, -0.2) is 9.97 Å². The summed E-state index contributed by atoms with van der Waals surface area (Å²) in [6.07, 6.45) is 3.63. The smallest absolute Gasteiger partial charge is 0.152 e. The molecule has 0 unspecified atom stereocenters. The molecule has 0 atom stereocenters. The van der Waals surface area contributed by atoms with Crippen LogP contribution in [0, 0.1) is 6.92 Å². The maximum Gasteiger partial charge on any atom is 0.152 e. The lowest BCUT2D eigenvalue weighted by atomic mass is 10.2. The van der Waals surface area contributed by atoms with Crippen molar-refractivity contribution in [3.63, 3.8) is 0 Å². The standard InChI is InChI=1S/C14H23N7/c1-5-7-11-18-13(15-4)10(3)14(19-11)16-8-12-20-17-9-21(12)6-2/h9H,5-8H2,1-4H3,(H2,15,16,18,19). The van der Waals surface area contributed by atoms with E-state index < -0.39 is 0 Å². The molecule has 2 aromatic rings. The third-order valence-electron chi connectivity index (χ3n) is 3.35. The van der Waals surface area contributed by atoms with E-state index in [1.807, 2.05) is 18.5 Å². The van der Waals surface area contributed by atoms with E-state index in [0.717, 1.165) is 48.2 Å². The van der Waals surface area contributed by atoms with Crippen molar-refractivity contribution in [2.75, 3.05) is 17.7 Å². The number of nitrogens with zero attached hydrogens (tertiary/aromatic N) is 5. The molecule has 21 heavy (non-hydrogen) atoms. The quantitative estimate of drug-likeness (QED) is 0.811.